The third-order valence-electron chi connectivity index (χ3n) is 3.64. The SMILES string of the molecule is COc1ccccc1CNC(=O)CCNc1ccc(C(C)=O)cc1. The number of hydrogen-bond donors (Lipinski definition) is 2. The molecule has 2 aromatic rings. The zero-order chi connectivity index (χ0) is 17.4. The molecular formula is C19H22N2O3. The van der Waals surface area contributed by atoms with E-state index in [0.717, 1.165) is 17.0 Å². The van der Waals surface area contributed by atoms with Crippen LogP contribution in [0.3, 0.4) is 0 Å². The van der Waals surface area contributed by atoms with Crippen LogP contribution in [0.1, 0.15) is 29.3 Å². The Morgan fingerprint density at radius 1 is 1.04 bits per heavy atom. The summed E-state index contributed by atoms with van der Waals surface area (Å²) in [7, 11) is 1.61. The maximum Gasteiger partial charge on any atom is 0.222 e. The summed E-state index contributed by atoms with van der Waals surface area (Å²) in [6, 6.07) is 14.8. The fraction of sp³-hybridized carbons (Fsp3) is 0.263. The molecule has 2 N–H and O–H groups in total. The third kappa shape index (κ3) is 5.12. The molecule has 2 aromatic carbocycles. The summed E-state index contributed by atoms with van der Waals surface area (Å²) >= 11 is 0. The Kier molecular flexibility index (Phi) is 6.37. The first-order valence-corrected chi connectivity index (χ1v) is 7.83. The highest BCUT2D eigenvalue weighted by Crippen LogP contribution is 2.16. The molecule has 0 aliphatic heterocycles. The molecule has 0 aliphatic carbocycles. The fourth-order valence-corrected chi connectivity index (χ4v) is 2.27. The van der Waals surface area contributed by atoms with Gasteiger partial charge in [-0.15, -0.1) is 0 Å². The first-order valence-electron chi connectivity index (χ1n) is 7.83. The molecule has 5 heteroatoms. The number of ketones is 1. The minimum Gasteiger partial charge on any atom is -0.496 e. The van der Waals surface area contributed by atoms with Crippen molar-refractivity contribution in [1.29, 1.82) is 0 Å². The molecule has 0 atom stereocenters. The first kappa shape index (κ1) is 17.5. The summed E-state index contributed by atoms with van der Waals surface area (Å²) in [5.74, 6) is 0.771. The summed E-state index contributed by atoms with van der Waals surface area (Å²) in [6.45, 7) is 2.50. The smallest absolute Gasteiger partial charge is 0.222 e. The van der Waals surface area contributed by atoms with Gasteiger partial charge in [-0.2, -0.15) is 0 Å². The Labute approximate surface area is 142 Å². The number of hydrogen-bond acceptors (Lipinski definition) is 4. The Bertz CT molecular complexity index is 696. The number of Topliss-reactive ketones (excluding diaryl/α,β-unsaturated/α-hetero) is 1. The highest BCUT2D eigenvalue weighted by molar-refractivity contribution is 5.94. The van der Waals surface area contributed by atoms with E-state index in [1.807, 2.05) is 36.4 Å². The number of nitrogens with one attached hydrogen (secondary N) is 2. The van der Waals surface area contributed by atoms with Gasteiger partial charge in [0.05, 0.1) is 7.11 Å². The van der Waals surface area contributed by atoms with Crippen molar-refractivity contribution >= 4 is 17.4 Å². The maximum absolute atomic E-state index is 11.9. The average molecular weight is 326 g/mol. The number of carbonyl (C=O) groups is 2. The van der Waals surface area contributed by atoms with E-state index >= 15 is 0 Å². The van der Waals surface area contributed by atoms with Crippen molar-refractivity contribution in [2.75, 3.05) is 19.0 Å². The Morgan fingerprint density at radius 3 is 2.42 bits per heavy atom. The van der Waals surface area contributed by atoms with Crippen LogP contribution in [0.2, 0.25) is 0 Å². The van der Waals surface area contributed by atoms with Gasteiger partial charge in [-0.05, 0) is 37.3 Å². The van der Waals surface area contributed by atoms with E-state index < -0.39 is 0 Å². The van der Waals surface area contributed by atoms with E-state index in [9.17, 15) is 9.59 Å². The molecule has 24 heavy (non-hydrogen) atoms. The highest BCUT2D eigenvalue weighted by atomic mass is 16.5. The van der Waals surface area contributed by atoms with Gasteiger partial charge in [0.2, 0.25) is 5.91 Å². The number of ether oxygens (including phenoxy) is 1. The molecule has 126 valence electrons. The topological polar surface area (TPSA) is 67.4 Å². The van der Waals surface area contributed by atoms with Gasteiger partial charge >= 0.3 is 0 Å². The fourth-order valence-electron chi connectivity index (χ4n) is 2.27. The molecule has 0 aliphatic rings. The first-order chi connectivity index (χ1) is 11.6. The third-order valence-corrected chi connectivity index (χ3v) is 3.64. The predicted molar refractivity (Wildman–Crippen MR) is 94.4 cm³/mol. The molecule has 1 amide bonds. The molecule has 0 spiro atoms. The lowest BCUT2D eigenvalue weighted by atomic mass is 10.1. The Hall–Kier alpha value is -2.82. The number of rotatable bonds is 8. The minimum absolute atomic E-state index is 0.0336. The molecule has 5 nitrogen and oxygen atoms in total. The van der Waals surface area contributed by atoms with Crippen LogP contribution in [0, 0.1) is 0 Å². The minimum atomic E-state index is -0.0336. The molecule has 0 saturated heterocycles. The van der Waals surface area contributed by atoms with Crippen molar-refractivity contribution in [2.45, 2.75) is 19.9 Å². The highest BCUT2D eigenvalue weighted by Gasteiger charge is 2.05. The number of para-hydroxylation sites is 1. The lowest BCUT2D eigenvalue weighted by molar-refractivity contribution is -0.121. The molecule has 0 heterocycles. The lowest BCUT2D eigenvalue weighted by Crippen LogP contribution is -2.25. The van der Waals surface area contributed by atoms with Crippen molar-refractivity contribution in [3.05, 3.63) is 59.7 Å². The number of methoxy groups -OCH3 is 1. The van der Waals surface area contributed by atoms with Gasteiger partial charge < -0.3 is 15.4 Å². The van der Waals surface area contributed by atoms with Crippen LogP contribution in [-0.4, -0.2) is 25.3 Å². The molecule has 0 radical (unpaired) electrons. The van der Waals surface area contributed by atoms with E-state index in [1.165, 1.54) is 6.92 Å². The number of anilines is 1. The van der Waals surface area contributed by atoms with Crippen molar-refractivity contribution in [3.8, 4) is 5.75 Å². The number of amides is 1. The van der Waals surface area contributed by atoms with Crippen LogP contribution in [0.5, 0.6) is 5.75 Å². The van der Waals surface area contributed by atoms with Gasteiger partial charge in [-0.3, -0.25) is 9.59 Å². The quantitative estimate of drug-likeness (QED) is 0.732. The molecular weight excluding hydrogens is 304 g/mol. The van der Waals surface area contributed by atoms with Crippen molar-refractivity contribution in [2.24, 2.45) is 0 Å². The van der Waals surface area contributed by atoms with Crippen molar-refractivity contribution in [1.82, 2.24) is 5.32 Å². The van der Waals surface area contributed by atoms with Gasteiger partial charge in [0, 0.05) is 36.3 Å². The second-order valence-corrected chi connectivity index (χ2v) is 5.40. The van der Waals surface area contributed by atoms with Crippen LogP contribution in [0.4, 0.5) is 5.69 Å². The zero-order valence-electron chi connectivity index (χ0n) is 14.0. The largest absolute Gasteiger partial charge is 0.496 e. The van der Waals surface area contributed by atoms with Crippen molar-refractivity contribution in [3.63, 3.8) is 0 Å². The molecule has 0 fully saturated rings. The van der Waals surface area contributed by atoms with Crippen LogP contribution in [0.15, 0.2) is 48.5 Å². The molecule has 0 bridgehead atoms. The van der Waals surface area contributed by atoms with Gasteiger partial charge in [-0.1, -0.05) is 18.2 Å². The van der Waals surface area contributed by atoms with E-state index in [1.54, 1.807) is 19.2 Å². The number of carbonyl (C=O) groups excluding carboxylic acids is 2. The van der Waals surface area contributed by atoms with Crippen molar-refractivity contribution < 1.29 is 14.3 Å². The van der Waals surface area contributed by atoms with E-state index in [4.69, 9.17) is 4.74 Å². The summed E-state index contributed by atoms with van der Waals surface area (Å²) in [6.07, 6.45) is 0.365. The zero-order valence-corrected chi connectivity index (χ0v) is 14.0. The standard InChI is InChI=1S/C19H22N2O3/c1-14(22)15-7-9-17(10-8-15)20-12-11-19(23)21-13-16-5-3-4-6-18(16)24-2/h3-10,20H,11-13H2,1-2H3,(H,21,23). The maximum atomic E-state index is 11.9. The molecule has 2 rings (SSSR count). The van der Waals surface area contributed by atoms with E-state index in [-0.39, 0.29) is 11.7 Å². The summed E-state index contributed by atoms with van der Waals surface area (Å²) in [5.41, 5.74) is 2.51. The molecule has 0 unspecified atom stereocenters. The monoisotopic (exact) mass is 326 g/mol. The van der Waals surface area contributed by atoms with Gasteiger partial charge in [-0.25, -0.2) is 0 Å². The van der Waals surface area contributed by atoms with E-state index in [0.29, 0.717) is 25.1 Å². The predicted octanol–water partition coefficient (Wildman–Crippen LogP) is 3.02. The average Bonchev–Trinajstić information content (AvgIpc) is 2.60. The van der Waals surface area contributed by atoms with Gasteiger partial charge in [0.25, 0.3) is 0 Å². The Balaban J connectivity index is 1.74. The second kappa shape index (κ2) is 8.72. The normalized spacial score (nSPS) is 10.1. The van der Waals surface area contributed by atoms with Gasteiger partial charge in [0.15, 0.2) is 5.78 Å². The lowest BCUT2D eigenvalue weighted by Gasteiger charge is -2.10. The number of benzene rings is 2. The molecule has 0 aromatic heterocycles. The summed E-state index contributed by atoms with van der Waals surface area (Å²) < 4.78 is 5.26. The van der Waals surface area contributed by atoms with E-state index in [2.05, 4.69) is 10.6 Å². The molecule has 0 saturated carbocycles. The second-order valence-electron chi connectivity index (χ2n) is 5.40. The van der Waals surface area contributed by atoms with Crippen LogP contribution in [-0.2, 0) is 11.3 Å². The van der Waals surface area contributed by atoms with Crippen LogP contribution < -0.4 is 15.4 Å². The summed E-state index contributed by atoms with van der Waals surface area (Å²) in [4.78, 5) is 23.1. The summed E-state index contributed by atoms with van der Waals surface area (Å²) in [5, 5.41) is 6.05. The Morgan fingerprint density at radius 2 is 1.75 bits per heavy atom. The van der Waals surface area contributed by atoms with Crippen LogP contribution >= 0.6 is 0 Å². The van der Waals surface area contributed by atoms with Crippen LogP contribution in [0.25, 0.3) is 0 Å². The van der Waals surface area contributed by atoms with Gasteiger partial charge in [0.1, 0.15) is 5.75 Å².